The van der Waals surface area contributed by atoms with Gasteiger partial charge in [0.25, 0.3) is 11.6 Å². The van der Waals surface area contributed by atoms with Crippen molar-refractivity contribution in [3.63, 3.8) is 0 Å². The number of benzene rings is 2. The number of nitrogens with one attached hydrogen (secondary N) is 1. The second kappa shape index (κ2) is 10.3. The number of nitro benzene ring substituents is 1. The summed E-state index contributed by atoms with van der Waals surface area (Å²) in [5.74, 6) is -1.60. The number of carbonyl (C=O) groups is 2. The maximum absolute atomic E-state index is 12.7. The quantitative estimate of drug-likeness (QED) is 0.349. The van der Waals surface area contributed by atoms with E-state index in [0.717, 1.165) is 6.07 Å². The van der Waals surface area contributed by atoms with Gasteiger partial charge in [-0.1, -0.05) is 11.6 Å². The van der Waals surface area contributed by atoms with E-state index in [-0.39, 0.29) is 39.9 Å². The van der Waals surface area contributed by atoms with Crippen LogP contribution in [0.4, 0.5) is 11.4 Å². The van der Waals surface area contributed by atoms with E-state index in [1.807, 2.05) is 0 Å². The highest BCUT2D eigenvalue weighted by Crippen LogP contribution is 2.27. The van der Waals surface area contributed by atoms with E-state index in [4.69, 9.17) is 21.1 Å². The molecule has 0 spiro atoms. The Hall–Kier alpha value is -3.06. The molecule has 1 heterocycles. The van der Waals surface area contributed by atoms with E-state index < -0.39 is 32.9 Å². The lowest BCUT2D eigenvalue weighted by atomic mass is 10.2. The second-order valence-corrected chi connectivity index (χ2v) is 9.34. The number of esters is 1. The summed E-state index contributed by atoms with van der Waals surface area (Å²) < 4.78 is 36.9. The molecule has 0 aromatic heterocycles. The number of halogens is 1. The topological polar surface area (TPSA) is 145 Å². The Morgan fingerprint density at radius 1 is 1.18 bits per heavy atom. The molecular weight excluding hydrogens is 478 g/mol. The van der Waals surface area contributed by atoms with Gasteiger partial charge in [-0.05, 0) is 37.3 Å². The Bertz CT molecular complexity index is 1160. The molecule has 0 radical (unpaired) electrons. The molecule has 1 atom stereocenters. The molecule has 1 N–H and O–H groups in total. The van der Waals surface area contributed by atoms with E-state index in [0.29, 0.717) is 13.2 Å². The third kappa shape index (κ3) is 5.85. The number of carbonyl (C=O) groups excluding carboxylic acids is 2. The van der Waals surface area contributed by atoms with Crippen molar-refractivity contribution < 1.29 is 32.4 Å². The number of non-ortho nitro benzene ring substituents is 1. The maximum Gasteiger partial charge on any atom is 0.338 e. The molecule has 1 aliphatic heterocycles. The molecule has 2 aromatic carbocycles. The summed E-state index contributed by atoms with van der Waals surface area (Å²) in [6, 6.07) is 8.69. The first-order valence-corrected chi connectivity index (χ1v) is 11.5. The molecule has 13 heteroatoms. The molecule has 3 rings (SSSR count). The van der Waals surface area contributed by atoms with Crippen LogP contribution < -0.4 is 5.32 Å². The van der Waals surface area contributed by atoms with Crippen molar-refractivity contribution >= 4 is 44.9 Å². The number of anilines is 1. The first kappa shape index (κ1) is 24.6. The van der Waals surface area contributed by atoms with Gasteiger partial charge in [0.15, 0.2) is 6.10 Å². The van der Waals surface area contributed by atoms with Gasteiger partial charge in [0, 0.05) is 25.2 Å². The van der Waals surface area contributed by atoms with E-state index in [9.17, 15) is 28.1 Å². The fraction of sp³-hybridized carbons (Fsp3) is 0.300. The summed E-state index contributed by atoms with van der Waals surface area (Å²) in [4.78, 5) is 35.0. The molecule has 33 heavy (non-hydrogen) atoms. The summed E-state index contributed by atoms with van der Waals surface area (Å²) in [5.41, 5.74) is -0.230. The number of nitrogens with zero attached hydrogens (tertiary/aromatic N) is 2. The number of amides is 1. The lowest BCUT2D eigenvalue weighted by molar-refractivity contribution is -0.384. The van der Waals surface area contributed by atoms with Gasteiger partial charge in [-0.25, -0.2) is 13.2 Å². The second-order valence-electron chi connectivity index (χ2n) is 7.00. The van der Waals surface area contributed by atoms with Crippen molar-refractivity contribution in [2.45, 2.75) is 17.9 Å². The van der Waals surface area contributed by atoms with Gasteiger partial charge in [0.1, 0.15) is 0 Å². The van der Waals surface area contributed by atoms with Gasteiger partial charge < -0.3 is 14.8 Å². The number of ether oxygens (including phenoxy) is 2. The highest BCUT2D eigenvalue weighted by Gasteiger charge is 2.27. The summed E-state index contributed by atoms with van der Waals surface area (Å²) >= 11 is 5.95. The number of sulfonamides is 1. The van der Waals surface area contributed by atoms with Crippen LogP contribution in [0.25, 0.3) is 0 Å². The molecular formula is C20H20ClN3O8S. The van der Waals surface area contributed by atoms with E-state index in [2.05, 4.69) is 5.32 Å². The summed E-state index contributed by atoms with van der Waals surface area (Å²) in [7, 11) is -3.71. The summed E-state index contributed by atoms with van der Waals surface area (Å²) in [6.07, 6.45) is -1.26. The number of hydrogen-bond donors (Lipinski definition) is 1. The number of nitro groups is 1. The van der Waals surface area contributed by atoms with Gasteiger partial charge in [0.05, 0.1) is 39.3 Å². The molecule has 0 saturated carbocycles. The van der Waals surface area contributed by atoms with Crippen molar-refractivity contribution in [3.8, 4) is 0 Å². The Labute approximate surface area is 194 Å². The van der Waals surface area contributed by atoms with Crippen molar-refractivity contribution in [1.82, 2.24) is 4.31 Å². The van der Waals surface area contributed by atoms with Gasteiger partial charge in [-0.15, -0.1) is 0 Å². The standard InChI is InChI=1S/C20H20ClN3O8S/c1-13(19(25)22-18-12-15(24(27)28)4-7-17(18)21)32-20(26)14-2-5-16(6-3-14)33(29,30)23-8-10-31-11-9-23/h2-7,12-13H,8-11H2,1H3,(H,22,25). The van der Waals surface area contributed by atoms with Crippen LogP contribution in [0.15, 0.2) is 47.4 Å². The highest BCUT2D eigenvalue weighted by molar-refractivity contribution is 7.89. The number of rotatable bonds is 7. The number of morpholine rings is 1. The van der Waals surface area contributed by atoms with Crippen molar-refractivity contribution in [2.75, 3.05) is 31.6 Å². The van der Waals surface area contributed by atoms with Crippen molar-refractivity contribution in [3.05, 3.63) is 63.2 Å². The Balaban J connectivity index is 1.64. The smallest absolute Gasteiger partial charge is 0.338 e. The first-order chi connectivity index (χ1) is 15.6. The molecule has 11 nitrogen and oxygen atoms in total. The van der Waals surface area contributed by atoms with Crippen LogP contribution in [0, 0.1) is 10.1 Å². The average Bonchev–Trinajstić information content (AvgIpc) is 2.80. The zero-order chi connectivity index (χ0) is 24.2. The zero-order valence-corrected chi connectivity index (χ0v) is 19.0. The predicted octanol–water partition coefficient (Wildman–Crippen LogP) is 2.45. The van der Waals surface area contributed by atoms with E-state index in [1.165, 1.54) is 47.6 Å². The van der Waals surface area contributed by atoms with Gasteiger partial charge in [-0.3, -0.25) is 14.9 Å². The van der Waals surface area contributed by atoms with Crippen LogP contribution in [0.2, 0.25) is 5.02 Å². The van der Waals surface area contributed by atoms with Crippen LogP contribution in [0.1, 0.15) is 17.3 Å². The Morgan fingerprint density at radius 2 is 1.82 bits per heavy atom. The van der Waals surface area contributed by atoms with Crippen LogP contribution in [-0.2, 0) is 24.3 Å². The first-order valence-electron chi connectivity index (χ1n) is 9.73. The lowest BCUT2D eigenvalue weighted by Gasteiger charge is -2.26. The fourth-order valence-electron chi connectivity index (χ4n) is 2.94. The maximum atomic E-state index is 12.7. The molecule has 1 fully saturated rings. The Kier molecular flexibility index (Phi) is 7.64. The molecule has 2 aromatic rings. The minimum Gasteiger partial charge on any atom is -0.449 e. The third-order valence-electron chi connectivity index (χ3n) is 4.77. The molecule has 1 unspecified atom stereocenters. The summed E-state index contributed by atoms with van der Waals surface area (Å²) in [6.45, 7) is 2.42. The highest BCUT2D eigenvalue weighted by atomic mass is 35.5. The van der Waals surface area contributed by atoms with Crippen molar-refractivity contribution in [1.29, 1.82) is 0 Å². The minimum atomic E-state index is -3.71. The van der Waals surface area contributed by atoms with E-state index >= 15 is 0 Å². The average molecular weight is 498 g/mol. The normalized spacial score (nSPS) is 15.5. The molecule has 1 amide bonds. The molecule has 176 valence electrons. The monoisotopic (exact) mass is 497 g/mol. The Morgan fingerprint density at radius 3 is 2.42 bits per heavy atom. The van der Waals surface area contributed by atoms with Crippen molar-refractivity contribution in [2.24, 2.45) is 0 Å². The zero-order valence-electron chi connectivity index (χ0n) is 17.4. The number of hydrogen-bond acceptors (Lipinski definition) is 8. The molecule has 0 bridgehead atoms. The SMILES string of the molecule is CC(OC(=O)c1ccc(S(=O)(=O)N2CCOCC2)cc1)C(=O)Nc1cc([N+](=O)[O-])ccc1Cl. The van der Waals surface area contributed by atoms with Gasteiger partial charge in [0.2, 0.25) is 10.0 Å². The molecule has 0 aliphatic carbocycles. The van der Waals surface area contributed by atoms with Crippen LogP contribution in [0.3, 0.4) is 0 Å². The van der Waals surface area contributed by atoms with Crippen LogP contribution in [0.5, 0.6) is 0 Å². The van der Waals surface area contributed by atoms with Gasteiger partial charge >= 0.3 is 5.97 Å². The molecule has 1 saturated heterocycles. The fourth-order valence-corrected chi connectivity index (χ4v) is 4.51. The largest absolute Gasteiger partial charge is 0.449 e. The molecule has 1 aliphatic rings. The predicted molar refractivity (Wildman–Crippen MR) is 118 cm³/mol. The van der Waals surface area contributed by atoms with Crippen LogP contribution in [-0.4, -0.2) is 61.9 Å². The minimum absolute atomic E-state index is 0.00330. The summed E-state index contributed by atoms with van der Waals surface area (Å²) in [5, 5.41) is 13.4. The lowest BCUT2D eigenvalue weighted by Crippen LogP contribution is -2.40. The third-order valence-corrected chi connectivity index (χ3v) is 7.01. The van der Waals surface area contributed by atoms with Crippen LogP contribution >= 0.6 is 11.6 Å². The van der Waals surface area contributed by atoms with E-state index in [1.54, 1.807) is 0 Å². The van der Waals surface area contributed by atoms with Gasteiger partial charge in [-0.2, -0.15) is 4.31 Å².